The Morgan fingerprint density at radius 2 is 1.86 bits per heavy atom. The SMILES string of the molecule is Cc1cc(C(F)(F)F)nn1CC(=O)N1CCC(c2nc(C3=NSC(c4c(F)cccc4F)C3)cs2)CC1. The predicted molar refractivity (Wildman–Crippen MR) is 130 cm³/mol. The molecule has 13 heteroatoms. The molecule has 0 radical (unpaired) electrons. The van der Waals surface area contributed by atoms with Crippen LogP contribution in [0.4, 0.5) is 22.0 Å². The highest BCUT2D eigenvalue weighted by molar-refractivity contribution is 7.98. The van der Waals surface area contributed by atoms with Gasteiger partial charge in [-0.2, -0.15) is 18.3 Å². The molecule has 196 valence electrons. The van der Waals surface area contributed by atoms with Crippen LogP contribution in [0.1, 0.15) is 58.1 Å². The fourth-order valence-corrected chi connectivity index (χ4v) is 6.51. The number of aromatic nitrogens is 3. The highest BCUT2D eigenvalue weighted by Gasteiger charge is 2.35. The summed E-state index contributed by atoms with van der Waals surface area (Å²) in [6, 6.07) is 4.75. The van der Waals surface area contributed by atoms with Crippen molar-refractivity contribution in [3.63, 3.8) is 0 Å². The van der Waals surface area contributed by atoms with Crippen molar-refractivity contribution in [1.82, 2.24) is 19.7 Å². The molecule has 1 aromatic carbocycles. The van der Waals surface area contributed by atoms with Crippen molar-refractivity contribution in [2.75, 3.05) is 13.1 Å². The maximum Gasteiger partial charge on any atom is 0.435 e. The topological polar surface area (TPSA) is 63.4 Å². The van der Waals surface area contributed by atoms with Crippen LogP contribution >= 0.6 is 23.3 Å². The first-order chi connectivity index (χ1) is 17.6. The quantitative estimate of drug-likeness (QED) is 0.289. The molecule has 1 saturated heterocycles. The smallest absolute Gasteiger partial charge is 0.341 e. The Bertz CT molecular complexity index is 1320. The van der Waals surface area contributed by atoms with E-state index in [0.717, 1.165) is 27.7 Å². The van der Waals surface area contributed by atoms with Crippen molar-refractivity contribution in [3.8, 4) is 0 Å². The number of piperidine rings is 1. The molecule has 1 unspecified atom stereocenters. The van der Waals surface area contributed by atoms with Crippen LogP contribution in [0, 0.1) is 18.6 Å². The number of amides is 1. The lowest BCUT2D eigenvalue weighted by Gasteiger charge is -2.31. The molecule has 2 aliphatic heterocycles. The minimum absolute atomic E-state index is 0.0266. The number of hydrogen-bond donors (Lipinski definition) is 0. The molecular formula is C24H22F5N5OS2. The van der Waals surface area contributed by atoms with E-state index in [1.807, 2.05) is 5.38 Å². The van der Waals surface area contributed by atoms with Gasteiger partial charge in [0.2, 0.25) is 5.91 Å². The number of rotatable bonds is 5. The second-order valence-electron chi connectivity index (χ2n) is 9.02. The van der Waals surface area contributed by atoms with Crippen LogP contribution in [0.15, 0.2) is 34.0 Å². The number of carbonyl (C=O) groups excluding carboxylic acids is 1. The molecule has 4 heterocycles. The van der Waals surface area contributed by atoms with Crippen molar-refractivity contribution in [2.24, 2.45) is 4.40 Å². The first kappa shape index (κ1) is 25.8. The lowest BCUT2D eigenvalue weighted by Crippen LogP contribution is -2.40. The summed E-state index contributed by atoms with van der Waals surface area (Å²) in [6.07, 6.45) is -2.83. The summed E-state index contributed by atoms with van der Waals surface area (Å²) in [5, 5.41) is 5.90. The van der Waals surface area contributed by atoms with Crippen molar-refractivity contribution in [2.45, 2.75) is 50.1 Å². The van der Waals surface area contributed by atoms with Gasteiger partial charge in [-0.15, -0.1) is 11.3 Å². The lowest BCUT2D eigenvalue weighted by atomic mass is 9.97. The second kappa shape index (κ2) is 10.2. The zero-order valence-corrected chi connectivity index (χ0v) is 21.3. The fourth-order valence-electron chi connectivity index (χ4n) is 4.52. The van der Waals surface area contributed by atoms with E-state index in [-0.39, 0.29) is 29.6 Å². The molecule has 0 aliphatic carbocycles. The van der Waals surface area contributed by atoms with E-state index in [1.165, 1.54) is 36.5 Å². The summed E-state index contributed by atoms with van der Waals surface area (Å²) in [5.41, 5.74) is 0.685. The van der Waals surface area contributed by atoms with Gasteiger partial charge in [-0.3, -0.25) is 9.48 Å². The molecule has 0 saturated carbocycles. The van der Waals surface area contributed by atoms with Gasteiger partial charge < -0.3 is 4.90 Å². The molecule has 1 fully saturated rings. The highest BCUT2D eigenvalue weighted by Crippen LogP contribution is 2.43. The summed E-state index contributed by atoms with van der Waals surface area (Å²) in [5.74, 6) is -1.31. The Balaban J connectivity index is 1.17. The number of hydrogen-bond acceptors (Lipinski definition) is 6. The van der Waals surface area contributed by atoms with Crippen molar-refractivity contribution >= 4 is 34.9 Å². The van der Waals surface area contributed by atoms with E-state index in [0.29, 0.717) is 43.8 Å². The average molecular weight is 556 g/mol. The van der Waals surface area contributed by atoms with Crippen LogP contribution < -0.4 is 0 Å². The monoisotopic (exact) mass is 555 g/mol. The van der Waals surface area contributed by atoms with Gasteiger partial charge in [-0.05, 0) is 49.9 Å². The van der Waals surface area contributed by atoms with E-state index in [2.05, 4.69) is 9.50 Å². The van der Waals surface area contributed by atoms with Crippen LogP contribution in [-0.4, -0.2) is 44.4 Å². The number of carbonyl (C=O) groups is 1. The maximum atomic E-state index is 14.2. The Kier molecular flexibility index (Phi) is 7.10. The Morgan fingerprint density at radius 1 is 1.16 bits per heavy atom. The van der Waals surface area contributed by atoms with E-state index in [4.69, 9.17) is 4.98 Å². The molecule has 37 heavy (non-hydrogen) atoms. The van der Waals surface area contributed by atoms with Gasteiger partial charge in [-0.25, -0.2) is 18.2 Å². The van der Waals surface area contributed by atoms with Crippen LogP contribution in [-0.2, 0) is 17.5 Å². The van der Waals surface area contributed by atoms with Crippen LogP contribution in [0.2, 0.25) is 0 Å². The Hall–Kier alpha value is -2.80. The maximum absolute atomic E-state index is 14.2. The Morgan fingerprint density at radius 3 is 2.51 bits per heavy atom. The van der Waals surface area contributed by atoms with Gasteiger partial charge in [0.15, 0.2) is 5.69 Å². The van der Waals surface area contributed by atoms with Crippen LogP contribution in [0.5, 0.6) is 0 Å². The third-order valence-corrected chi connectivity index (χ3v) is 8.55. The second-order valence-corrected chi connectivity index (χ2v) is 10.9. The van der Waals surface area contributed by atoms with E-state index >= 15 is 0 Å². The summed E-state index contributed by atoms with van der Waals surface area (Å²) >= 11 is 2.63. The average Bonchev–Trinajstić information content (AvgIpc) is 3.59. The van der Waals surface area contributed by atoms with Crippen molar-refractivity contribution < 1.29 is 26.7 Å². The van der Waals surface area contributed by atoms with Crippen molar-refractivity contribution in [1.29, 1.82) is 0 Å². The third-order valence-electron chi connectivity index (χ3n) is 6.56. The molecule has 0 bridgehead atoms. The normalized spacial score (nSPS) is 18.9. The van der Waals surface area contributed by atoms with Gasteiger partial charge in [-0.1, -0.05) is 6.07 Å². The minimum Gasteiger partial charge on any atom is -0.341 e. The first-order valence-electron chi connectivity index (χ1n) is 11.6. The molecule has 2 aromatic heterocycles. The van der Waals surface area contributed by atoms with Crippen LogP contribution in [0.25, 0.3) is 0 Å². The highest BCUT2D eigenvalue weighted by atomic mass is 32.2. The van der Waals surface area contributed by atoms with Gasteiger partial charge >= 0.3 is 6.18 Å². The van der Waals surface area contributed by atoms with E-state index in [9.17, 15) is 26.7 Å². The van der Waals surface area contributed by atoms with E-state index in [1.54, 1.807) is 4.90 Å². The van der Waals surface area contributed by atoms with Gasteiger partial charge in [0.1, 0.15) is 18.2 Å². The number of aryl methyl sites for hydroxylation is 1. The van der Waals surface area contributed by atoms with Gasteiger partial charge in [0, 0.05) is 42.1 Å². The standard InChI is InChI=1S/C24H22F5N5OS2/c1-13-9-20(24(27,28)29)31-34(13)11-21(35)33-7-5-14(6-8-33)23-30-18(12-36-23)17-10-19(37-32-17)22-15(25)3-2-4-16(22)26/h2-4,9,12,14,19H,5-8,10-11H2,1H3. The van der Waals surface area contributed by atoms with Gasteiger partial charge in [0.05, 0.1) is 21.7 Å². The molecule has 3 aromatic rings. The largest absolute Gasteiger partial charge is 0.435 e. The molecule has 0 spiro atoms. The molecule has 1 amide bonds. The molecule has 6 nitrogen and oxygen atoms in total. The number of nitrogens with zero attached hydrogens (tertiary/aromatic N) is 5. The first-order valence-corrected chi connectivity index (χ1v) is 13.3. The zero-order chi connectivity index (χ0) is 26.3. The number of alkyl halides is 3. The number of halogens is 5. The minimum atomic E-state index is -4.55. The Labute approximate surface area is 217 Å². The number of thiazole rings is 1. The molecule has 0 N–H and O–H groups in total. The summed E-state index contributed by atoms with van der Waals surface area (Å²) in [7, 11) is 0. The predicted octanol–water partition coefficient (Wildman–Crippen LogP) is 5.93. The van der Waals surface area contributed by atoms with E-state index < -0.39 is 28.8 Å². The fraction of sp³-hybridized carbons (Fsp3) is 0.417. The summed E-state index contributed by atoms with van der Waals surface area (Å²) in [4.78, 5) is 19.1. The number of likely N-dealkylation sites (tertiary alicyclic amines) is 1. The zero-order valence-electron chi connectivity index (χ0n) is 19.6. The molecular weight excluding hydrogens is 533 g/mol. The molecule has 5 rings (SSSR count). The lowest BCUT2D eigenvalue weighted by molar-refractivity contribution is -0.142. The third kappa shape index (κ3) is 5.42. The molecule has 2 aliphatic rings. The molecule has 1 atom stereocenters. The summed E-state index contributed by atoms with van der Waals surface area (Å²) in [6.45, 7) is 2.19. The van der Waals surface area contributed by atoms with Crippen LogP contribution in [0.3, 0.4) is 0 Å². The van der Waals surface area contributed by atoms with Gasteiger partial charge in [0.25, 0.3) is 0 Å². The summed E-state index contributed by atoms with van der Waals surface area (Å²) < 4.78 is 72.5. The number of benzene rings is 1. The van der Waals surface area contributed by atoms with Crippen molar-refractivity contribution in [3.05, 3.63) is 68.9 Å².